The summed E-state index contributed by atoms with van der Waals surface area (Å²) >= 11 is 0. The molecule has 1 aliphatic heterocycles. The van der Waals surface area contributed by atoms with Crippen molar-refractivity contribution in [1.82, 2.24) is 9.88 Å². The van der Waals surface area contributed by atoms with Gasteiger partial charge in [-0.15, -0.1) is 0 Å². The lowest BCUT2D eigenvalue weighted by atomic mass is 10.1. The third-order valence-corrected chi connectivity index (χ3v) is 5.06. The minimum absolute atomic E-state index is 0.339. The first kappa shape index (κ1) is 18.7. The number of piperidine rings is 1. The van der Waals surface area contributed by atoms with Gasteiger partial charge in [0.1, 0.15) is 0 Å². The lowest BCUT2D eigenvalue weighted by Crippen LogP contribution is -2.44. The molecule has 1 unspecified atom stereocenters. The van der Waals surface area contributed by atoms with Crippen LogP contribution in [0.4, 0.5) is 11.5 Å². The number of aryl methyl sites for hydroxylation is 1. The summed E-state index contributed by atoms with van der Waals surface area (Å²) in [5.74, 6) is 1.00. The van der Waals surface area contributed by atoms with Crippen LogP contribution in [0.25, 0.3) is 0 Å². The Morgan fingerprint density at radius 3 is 2.73 bits per heavy atom. The van der Waals surface area contributed by atoms with Gasteiger partial charge in [-0.25, -0.2) is 4.98 Å². The van der Waals surface area contributed by atoms with E-state index in [1.54, 1.807) is 0 Å². The van der Waals surface area contributed by atoms with Crippen LogP contribution >= 0.6 is 0 Å². The van der Waals surface area contributed by atoms with Crippen LogP contribution < -0.4 is 10.6 Å². The van der Waals surface area contributed by atoms with E-state index in [0.29, 0.717) is 6.17 Å². The molecule has 4 nitrogen and oxygen atoms in total. The molecule has 0 amide bonds. The molecule has 1 aliphatic rings. The molecular formula is C22H32N4. The van der Waals surface area contributed by atoms with Crippen molar-refractivity contribution in [1.29, 1.82) is 0 Å². The van der Waals surface area contributed by atoms with Gasteiger partial charge in [-0.1, -0.05) is 43.7 Å². The molecule has 2 aromatic rings. The Labute approximate surface area is 158 Å². The number of likely N-dealkylation sites (tertiary alicyclic amines) is 1. The van der Waals surface area contributed by atoms with Gasteiger partial charge in [0.15, 0.2) is 5.82 Å². The zero-order valence-corrected chi connectivity index (χ0v) is 16.2. The molecule has 0 radical (unpaired) electrons. The number of nitrogens with zero attached hydrogens (tertiary/aromatic N) is 2. The third-order valence-electron chi connectivity index (χ3n) is 5.06. The van der Waals surface area contributed by atoms with Crippen molar-refractivity contribution in [3.63, 3.8) is 0 Å². The first-order valence-corrected chi connectivity index (χ1v) is 10.1. The fourth-order valence-corrected chi connectivity index (χ4v) is 3.78. The number of pyridine rings is 1. The Kier molecular flexibility index (Phi) is 6.89. The lowest BCUT2D eigenvalue weighted by molar-refractivity contribution is 0.158. The standard InChI is InChI=1S/C22H32N4/c1-3-10-19-14-15-24-22(21(19)23-4-2)25-20-13-8-9-16-26(20)17-18-11-6-5-7-12-18/h5-7,11-12,14-15,20,23H,3-4,8-10,13,16-17H2,1-2H3,(H,24,25). The van der Waals surface area contributed by atoms with Crippen molar-refractivity contribution >= 4 is 11.5 Å². The highest BCUT2D eigenvalue weighted by Crippen LogP contribution is 2.28. The van der Waals surface area contributed by atoms with Gasteiger partial charge in [-0.2, -0.15) is 0 Å². The number of anilines is 2. The highest BCUT2D eigenvalue weighted by Gasteiger charge is 2.24. The summed E-state index contributed by atoms with van der Waals surface area (Å²) in [6.45, 7) is 7.41. The predicted octanol–water partition coefficient (Wildman–Crippen LogP) is 4.89. The normalized spacial score (nSPS) is 17.8. The number of hydrogen-bond donors (Lipinski definition) is 2. The maximum Gasteiger partial charge on any atom is 0.150 e. The van der Waals surface area contributed by atoms with E-state index in [9.17, 15) is 0 Å². The molecule has 4 heteroatoms. The summed E-state index contributed by atoms with van der Waals surface area (Å²) in [6, 6.07) is 12.9. The largest absolute Gasteiger partial charge is 0.382 e. The highest BCUT2D eigenvalue weighted by atomic mass is 15.3. The minimum atomic E-state index is 0.339. The topological polar surface area (TPSA) is 40.2 Å². The van der Waals surface area contributed by atoms with Crippen molar-refractivity contribution in [2.75, 3.05) is 23.7 Å². The van der Waals surface area contributed by atoms with Crippen LogP contribution in [0.2, 0.25) is 0 Å². The van der Waals surface area contributed by atoms with E-state index in [1.807, 2.05) is 6.20 Å². The van der Waals surface area contributed by atoms with Crippen molar-refractivity contribution in [3.8, 4) is 0 Å². The second-order valence-electron chi connectivity index (χ2n) is 7.09. The van der Waals surface area contributed by atoms with Gasteiger partial charge in [0.05, 0.1) is 11.9 Å². The number of rotatable bonds is 8. The van der Waals surface area contributed by atoms with Gasteiger partial charge < -0.3 is 10.6 Å². The monoisotopic (exact) mass is 352 g/mol. The fraction of sp³-hybridized carbons (Fsp3) is 0.500. The van der Waals surface area contributed by atoms with Gasteiger partial charge in [0.25, 0.3) is 0 Å². The summed E-state index contributed by atoms with van der Waals surface area (Å²) in [5, 5.41) is 7.30. The molecule has 1 fully saturated rings. The summed E-state index contributed by atoms with van der Waals surface area (Å²) in [4.78, 5) is 7.23. The quantitative estimate of drug-likeness (QED) is 0.709. The Bertz CT molecular complexity index is 671. The van der Waals surface area contributed by atoms with Crippen LogP contribution in [0.3, 0.4) is 0 Å². The van der Waals surface area contributed by atoms with Crippen LogP contribution in [0.5, 0.6) is 0 Å². The lowest BCUT2D eigenvalue weighted by Gasteiger charge is -2.37. The predicted molar refractivity (Wildman–Crippen MR) is 111 cm³/mol. The average Bonchev–Trinajstić information content (AvgIpc) is 2.67. The molecule has 1 aromatic carbocycles. The Balaban J connectivity index is 1.78. The van der Waals surface area contributed by atoms with Crippen LogP contribution in [-0.2, 0) is 13.0 Å². The Morgan fingerprint density at radius 2 is 1.96 bits per heavy atom. The molecule has 0 bridgehead atoms. The molecule has 1 atom stereocenters. The van der Waals surface area contributed by atoms with Crippen LogP contribution in [0.15, 0.2) is 42.6 Å². The number of benzene rings is 1. The number of hydrogen-bond acceptors (Lipinski definition) is 4. The molecule has 0 saturated carbocycles. The smallest absolute Gasteiger partial charge is 0.150 e. The van der Waals surface area contributed by atoms with Gasteiger partial charge in [-0.3, -0.25) is 4.90 Å². The molecule has 140 valence electrons. The summed E-state index contributed by atoms with van der Waals surface area (Å²) in [5.41, 5.74) is 3.92. The van der Waals surface area contributed by atoms with Crippen molar-refractivity contribution in [2.24, 2.45) is 0 Å². The molecule has 26 heavy (non-hydrogen) atoms. The van der Waals surface area contributed by atoms with E-state index in [4.69, 9.17) is 0 Å². The van der Waals surface area contributed by atoms with E-state index in [-0.39, 0.29) is 0 Å². The minimum Gasteiger partial charge on any atom is -0.382 e. The maximum absolute atomic E-state index is 4.68. The van der Waals surface area contributed by atoms with Gasteiger partial charge in [-0.05, 0) is 49.8 Å². The molecule has 2 N–H and O–H groups in total. The maximum atomic E-state index is 4.68. The number of nitrogens with one attached hydrogen (secondary N) is 2. The molecule has 0 aliphatic carbocycles. The molecule has 0 spiro atoms. The van der Waals surface area contributed by atoms with Gasteiger partial charge in [0.2, 0.25) is 0 Å². The molecular weight excluding hydrogens is 320 g/mol. The molecule has 1 aromatic heterocycles. The van der Waals surface area contributed by atoms with Crippen LogP contribution in [0.1, 0.15) is 50.7 Å². The van der Waals surface area contributed by atoms with Gasteiger partial charge in [0, 0.05) is 25.8 Å². The summed E-state index contributed by atoms with van der Waals surface area (Å²) in [7, 11) is 0. The number of aromatic nitrogens is 1. The summed E-state index contributed by atoms with van der Waals surface area (Å²) < 4.78 is 0. The van der Waals surface area contributed by atoms with E-state index in [0.717, 1.165) is 44.7 Å². The average molecular weight is 353 g/mol. The Hall–Kier alpha value is -2.07. The first-order valence-electron chi connectivity index (χ1n) is 10.1. The summed E-state index contributed by atoms with van der Waals surface area (Å²) in [6.07, 6.45) is 8.22. The zero-order valence-electron chi connectivity index (χ0n) is 16.2. The first-order chi connectivity index (χ1) is 12.8. The highest BCUT2D eigenvalue weighted by molar-refractivity contribution is 5.68. The van der Waals surface area contributed by atoms with Gasteiger partial charge >= 0.3 is 0 Å². The van der Waals surface area contributed by atoms with E-state index >= 15 is 0 Å². The van der Waals surface area contributed by atoms with Crippen molar-refractivity contribution in [3.05, 3.63) is 53.7 Å². The second kappa shape index (κ2) is 9.58. The third kappa shape index (κ3) is 4.76. The molecule has 1 saturated heterocycles. The zero-order chi connectivity index (χ0) is 18.2. The van der Waals surface area contributed by atoms with Crippen LogP contribution in [0, 0.1) is 0 Å². The van der Waals surface area contributed by atoms with Crippen LogP contribution in [-0.4, -0.2) is 29.1 Å². The van der Waals surface area contributed by atoms with Crippen molar-refractivity contribution in [2.45, 2.75) is 58.7 Å². The van der Waals surface area contributed by atoms with Crippen molar-refractivity contribution < 1.29 is 0 Å². The van der Waals surface area contributed by atoms with E-state index in [2.05, 4.69) is 70.8 Å². The molecule has 2 heterocycles. The fourth-order valence-electron chi connectivity index (χ4n) is 3.78. The van der Waals surface area contributed by atoms with E-state index < -0.39 is 0 Å². The van der Waals surface area contributed by atoms with E-state index in [1.165, 1.54) is 29.7 Å². The SMILES string of the molecule is CCCc1ccnc(NC2CCCCN2Cc2ccccc2)c1NCC. The molecule has 3 rings (SSSR count). The Morgan fingerprint density at radius 1 is 1.12 bits per heavy atom. The second-order valence-corrected chi connectivity index (χ2v) is 7.09.